The van der Waals surface area contributed by atoms with E-state index in [4.69, 9.17) is 0 Å². The zero-order chi connectivity index (χ0) is 13.3. The molecule has 1 aliphatic carbocycles. The number of hydrogen-bond acceptors (Lipinski definition) is 4. The largest absolute Gasteiger partial charge is 0.394 e. The van der Waals surface area contributed by atoms with Crippen molar-refractivity contribution < 1.29 is 14.8 Å². The molecule has 2 rings (SSSR count). The summed E-state index contributed by atoms with van der Waals surface area (Å²) in [6.07, 6.45) is 3.74. The van der Waals surface area contributed by atoms with Crippen LogP contribution < -0.4 is 5.32 Å². The molecular formula is C11H15N3O4. The molecule has 1 fully saturated rings. The third kappa shape index (κ3) is 2.08. The van der Waals surface area contributed by atoms with Gasteiger partial charge in [-0.1, -0.05) is 0 Å². The second-order valence-corrected chi connectivity index (χ2v) is 4.70. The molecule has 2 N–H and O–H groups in total. The summed E-state index contributed by atoms with van der Waals surface area (Å²) in [5.74, 6) is -0.389. The molecule has 0 spiro atoms. The number of aliphatic hydroxyl groups excluding tert-OH is 1. The average Bonchev–Trinajstić information content (AvgIpc) is 2.66. The Labute approximate surface area is 104 Å². The molecule has 7 heteroatoms. The van der Waals surface area contributed by atoms with Crippen LogP contribution in [-0.2, 0) is 7.05 Å². The van der Waals surface area contributed by atoms with Crippen molar-refractivity contribution in [2.24, 2.45) is 7.05 Å². The Morgan fingerprint density at radius 1 is 1.67 bits per heavy atom. The van der Waals surface area contributed by atoms with Gasteiger partial charge in [-0.25, -0.2) is 0 Å². The van der Waals surface area contributed by atoms with Gasteiger partial charge in [-0.15, -0.1) is 0 Å². The molecule has 0 bridgehead atoms. The van der Waals surface area contributed by atoms with Gasteiger partial charge in [0.2, 0.25) is 0 Å². The molecule has 1 aromatic heterocycles. The highest BCUT2D eigenvalue weighted by atomic mass is 16.6. The number of nitro groups is 1. The monoisotopic (exact) mass is 253 g/mol. The molecule has 0 saturated heterocycles. The molecular weight excluding hydrogens is 238 g/mol. The number of amides is 1. The SMILES string of the molecule is Cn1cc([N+](=O)[O-])cc1C(=O)NC1(CO)CCC1. The molecule has 98 valence electrons. The molecule has 7 nitrogen and oxygen atoms in total. The summed E-state index contributed by atoms with van der Waals surface area (Å²) in [6.45, 7) is -0.106. The third-order valence-corrected chi connectivity index (χ3v) is 3.43. The number of nitrogens with zero attached hydrogens (tertiary/aromatic N) is 2. The first-order valence-corrected chi connectivity index (χ1v) is 5.71. The lowest BCUT2D eigenvalue weighted by Gasteiger charge is -2.40. The second-order valence-electron chi connectivity index (χ2n) is 4.70. The number of nitrogens with one attached hydrogen (secondary N) is 1. The first-order chi connectivity index (χ1) is 8.47. The molecule has 1 heterocycles. The smallest absolute Gasteiger partial charge is 0.287 e. The Balaban J connectivity index is 2.16. The number of aliphatic hydroxyl groups is 1. The molecule has 0 aliphatic heterocycles. The summed E-state index contributed by atoms with van der Waals surface area (Å²) in [5.41, 5.74) is -0.438. The maximum atomic E-state index is 12.0. The number of rotatable bonds is 4. The molecule has 0 aromatic carbocycles. The zero-order valence-corrected chi connectivity index (χ0v) is 10.0. The van der Waals surface area contributed by atoms with Crippen LogP contribution in [0.25, 0.3) is 0 Å². The molecule has 18 heavy (non-hydrogen) atoms. The van der Waals surface area contributed by atoms with E-state index in [1.807, 2.05) is 0 Å². The standard InChI is InChI=1S/C11H15N3O4/c1-13-6-8(14(17)18)5-9(13)10(16)12-11(7-15)3-2-4-11/h5-6,15H,2-4,7H2,1H3,(H,12,16). The lowest BCUT2D eigenvalue weighted by atomic mass is 9.77. The van der Waals surface area contributed by atoms with E-state index in [1.54, 1.807) is 7.05 Å². The summed E-state index contributed by atoms with van der Waals surface area (Å²) in [6, 6.07) is 1.24. The summed E-state index contributed by atoms with van der Waals surface area (Å²) >= 11 is 0. The molecule has 1 saturated carbocycles. The number of aromatic nitrogens is 1. The van der Waals surface area contributed by atoms with Crippen LogP contribution in [0.1, 0.15) is 29.8 Å². The highest BCUT2D eigenvalue weighted by Gasteiger charge is 2.38. The minimum absolute atomic E-state index is 0.106. The highest BCUT2D eigenvalue weighted by molar-refractivity contribution is 5.94. The van der Waals surface area contributed by atoms with Gasteiger partial charge in [0.1, 0.15) is 5.69 Å². The lowest BCUT2D eigenvalue weighted by molar-refractivity contribution is -0.384. The van der Waals surface area contributed by atoms with E-state index in [1.165, 1.54) is 16.8 Å². The van der Waals surface area contributed by atoms with Gasteiger partial charge >= 0.3 is 0 Å². The summed E-state index contributed by atoms with van der Waals surface area (Å²) in [4.78, 5) is 22.1. The first kappa shape index (κ1) is 12.6. The van der Waals surface area contributed by atoms with E-state index in [2.05, 4.69) is 5.32 Å². The Morgan fingerprint density at radius 2 is 2.33 bits per heavy atom. The van der Waals surface area contributed by atoms with Crippen molar-refractivity contribution in [3.05, 3.63) is 28.1 Å². The van der Waals surface area contributed by atoms with Gasteiger partial charge in [0.05, 0.1) is 23.3 Å². The third-order valence-electron chi connectivity index (χ3n) is 3.43. The van der Waals surface area contributed by atoms with Crippen LogP contribution in [0.3, 0.4) is 0 Å². The van der Waals surface area contributed by atoms with Crippen molar-refractivity contribution in [2.75, 3.05) is 6.61 Å². The lowest BCUT2D eigenvalue weighted by Crippen LogP contribution is -2.56. The van der Waals surface area contributed by atoms with Gasteiger partial charge in [0, 0.05) is 13.1 Å². The van der Waals surface area contributed by atoms with Crippen LogP contribution in [0.4, 0.5) is 5.69 Å². The predicted molar refractivity (Wildman–Crippen MR) is 63.2 cm³/mol. The minimum Gasteiger partial charge on any atom is -0.394 e. The summed E-state index contributed by atoms with van der Waals surface area (Å²) in [5, 5.41) is 22.6. The van der Waals surface area contributed by atoms with Crippen LogP contribution in [0, 0.1) is 10.1 Å². The number of hydrogen-bond donors (Lipinski definition) is 2. The maximum Gasteiger partial charge on any atom is 0.287 e. The van der Waals surface area contributed by atoms with E-state index in [9.17, 15) is 20.0 Å². The molecule has 1 aromatic rings. The fourth-order valence-corrected chi connectivity index (χ4v) is 2.10. The fourth-order valence-electron chi connectivity index (χ4n) is 2.10. The molecule has 0 radical (unpaired) electrons. The Kier molecular flexibility index (Phi) is 3.08. The molecule has 1 aliphatic rings. The second kappa shape index (κ2) is 4.41. The summed E-state index contributed by atoms with van der Waals surface area (Å²) < 4.78 is 1.41. The van der Waals surface area contributed by atoms with Crippen molar-refractivity contribution in [3.8, 4) is 0 Å². The van der Waals surface area contributed by atoms with Crippen LogP contribution in [0.5, 0.6) is 0 Å². The maximum absolute atomic E-state index is 12.0. The van der Waals surface area contributed by atoms with Gasteiger partial charge in [-0.05, 0) is 19.3 Å². The van der Waals surface area contributed by atoms with Crippen LogP contribution in [-0.4, -0.2) is 32.6 Å². The topological polar surface area (TPSA) is 97.4 Å². The van der Waals surface area contributed by atoms with E-state index in [-0.39, 0.29) is 23.9 Å². The van der Waals surface area contributed by atoms with E-state index in [0.717, 1.165) is 19.3 Å². The Hall–Kier alpha value is -1.89. The summed E-state index contributed by atoms with van der Waals surface area (Å²) in [7, 11) is 1.58. The molecule has 1 amide bonds. The van der Waals surface area contributed by atoms with Crippen molar-refractivity contribution in [3.63, 3.8) is 0 Å². The highest BCUT2D eigenvalue weighted by Crippen LogP contribution is 2.31. The quantitative estimate of drug-likeness (QED) is 0.605. The average molecular weight is 253 g/mol. The molecule has 0 unspecified atom stereocenters. The van der Waals surface area contributed by atoms with Gasteiger partial charge < -0.3 is 15.0 Å². The van der Waals surface area contributed by atoms with Crippen molar-refractivity contribution >= 4 is 11.6 Å². The number of aryl methyl sites for hydroxylation is 1. The number of carbonyl (C=O) groups excluding carboxylic acids is 1. The van der Waals surface area contributed by atoms with E-state index in [0.29, 0.717) is 0 Å². The van der Waals surface area contributed by atoms with Crippen molar-refractivity contribution in [1.29, 1.82) is 0 Å². The van der Waals surface area contributed by atoms with Gasteiger partial charge in [0.25, 0.3) is 11.6 Å². The van der Waals surface area contributed by atoms with Crippen LogP contribution in [0.15, 0.2) is 12.3 Å². The van der Waals surface area contributed by atoms with E-state index >= 15 is 0 Å². The van der Waals surface area contributed by atoms with Gasteiger partial charge in [-0.2, -0.15) is 0 Å². The predicted octanol–water partition coefficient (Wildman–Crippen LogP) is 0.578. The van der Waals surface area contributed by atoms with Crippen molar-refractivity contribution in [1.82, 2.24) is 9.88 Å². The van der Waals surface area contributed by atoms with Crippen molar-refractivity contribution in [2.45, 2.75) is 24.8 Å². The normalized spacial score (nSPS) is 17.0. The zero-order valence-electron chi connectivity index (χ0n) is 10.0. The molecule has 0 atom stereocenters. The first-order valence-electron chi connectivity index (χ1n) is 5.71. The van der Waals surface area contributed by atoms with Crippen LogP contribution >= 0.6 is 0 Å². The Morgan fingerprint density at radius 3 is 2.72 bits per heavy atom. The fraction of sp³-hybridized carbons (Fsp3) is 0.545. The van der Waals surface area contributed by atoms with Crippen LogP contribution in [0.2, 0.25) is 0 Å². The Bertz CT molecular complexity index is 485. The number of carbonyl (C=O) groups is 1. The minimum atomic E-state index is -0.546. The van der Waals surface area contributed by atoms with Gasteiger partial charge in [0.15, 0.2) is 0 Å². The van der Waals surface area contributed by atoms with Gasteiger partial charge in [-0.3, -0.25) is 14.9 Å². The van der Waals surface area contributed by atoms with E-state index < -0.39 is 10.5 Å².